The van der Waals surface area contributed by atoms with Gasteiger partial charge in [0.2, 0.25) is 5.78 Å². The van der Waals surface area contributed by atoms with Crippen molar-refractivity contribution in [3.05, 3.63) is 29.8 Å². The fraction of sp³-hybridized carbons (Fsp3) is 0.429. The van der Waals surface area contributed by atoms with Crippen LogP contribution >= 0.6 is 0 Å². The van der Waals surface area contributed by atoms with E-state index in [0.717, 1.165) is 0 Å². The Bertz CT molecular complexity index is 449. The summed E-state index contributed by atoms with van der Waals surface area (Å²) in [5, 5.41) is 0. The molecule has 1 saturated heterocycles. The molecule has 0 saturated carbocycles. The summed E-state index contributed by atoms with van der Waals surface area (Å²) in [4.78, 5) is 25.6. The number of rotatable bonds is 4. The summed E-state index contributed by atoms with van der Waals surface area (Å²) in [5.74, 6) is -0.254. The predicted octanol–water partition coefficient (Wildman–Crippen LogP) is 1.13. The minimum absolute atomic E-state index is 0.389. The summed E-state index contributed by atoms with van der Waals surface area (Å²) in [6, 6.07) is 6.63. The van der Waals surface area contributed by atoms with Gasteiger partial charge in [0.05, 0.1) is 19.8 Å². The van der Waals surface area contributed by atoms with Gasteiger partial charge in [-0.2, -0.15) is 0 Å². The maximum absolute atomic E-state index is 12.0. The Morgan fingerprint density at radius 3 is 2.42 bits per heavy atom. The second-order valence-corrected chi connectivity index (χ2v) is 4.19. The molecule has 0 atom stereocenters. The first kappa shape index (κ1) is 13.5. The lowest BCUT2D eigenvalue weighted by Crippen LogP contribution is -2.44. The van der Waals surface area contributed by atoms with E-state index in [0.29, 0.717) is 44.2 Å². The fourth-order valence-electron chi connectivity index (χ4n) is 1.90. The number of hydrogen-bond donors (Lipinski definition) is 0. The van der Waals surface area contributed by atoms with Gasteiger partial charge in [-0.3, -0.25) is 9.59 Å². The summed E-state index contributed by atoms with van der Waals surface area (Å²) >= 11 is 0. The zero-order valence-corrected chi connectivity index (χ0v) is 10.9. The van der Waals surface area contributed by atoms with Crippen LogP contribution in [0.4, 0.5) is 0 Å². The van der Waals surface area contributed by atoms with Crippen LogP contribution < -0.4 is 4.74 Å². The number of nitrogens with zero attached hydrogens (tertiary/aromatic N) is 1. The number of morpholine rings is 1. The van der Waals surface area contributed by atoms with Crippen LogP contribution in [-0.2, 0) is 9.53 Å². The zero-order chi connectivity index (χ0) is 13.7. The number of carbonyl (C=O) groups excluding carboxylic acids is 2. The fourth-order valence-corrected chi connectivity index (χ4v) is 1.90. The summed E-state index contributed by atoms with van der Waals surface area (Å²) < 4.78 is 10.5. The van der Waals surface area contributed by atoms with Crippen molar-refractivity contribution in [2.45, 2.75) is 6.92 Å². The van der Waals surface area contributed by atoms with Crippen LogP contribution in [0.3, 0.4) is 0 Å². The topological polar surface area (TPSA) is 55.8 Å². The van der Waals surface area contributed by atoms with Crippen molar-refractivity contribution in [2.75, 3.05) is 32.9 Å². The van der Waals surface area contributed by atoms with E-state index >= 15 is 0 Å². The van der Waals surface area contributed by atoms with Crippen molar-refractivity contribution < 1.29 is 19.1 Å². The van der Waals surface area contributed by atoms with Crippen LogP contribution in [0, 0.1) is 0 Å². The highest BCUT2D eigenvalue weighted by Crippen LogP contribution is 2.13. The molecule has 5 nitrogen and oxygen atoms in total. The molecule has 0 spiro atoms. The second kappa shape index (κ2) is 6.33. The number of hydrogen-bond acceptors (Lipinski definition) is 4. The van der Waals surface area contributed by atoms with Gasteiger partial charge in [-0.05, 0) is 31.2 Å². The highest BCUT2D eigenvalue weighted by atomic mass is 16.5. The quantitative estimate of drug-likeness (QED) is 0.603. The lowest BCUT2D eigenvalue weighted by atomic mass is 10.1. The molecule has 0 aromatic heterocycles. The maximum Gasteiger partial charge on any atom is 0.295 e. The van der Waals surface area contributed by atoms with E-state index in [4.69, 9.17) is 9.47 Å². The first-order valence-corrected chi connectivity index (χ1v) is 6.36. The molecular formula is C14H17NO4. The van der Waals surface area contributed by atoms with Crippen molar-refractivity contribution in [1.82, 2.24) is 4.90 Å². The average molecular weight is 263 g/mol. The lowest BCUT2D eigenvalue weighted by molar-refractivity contribution is -0.130. The van der Waals surface area contributed by atoms with E-state index in [1.165, 1.54) is 4.90 Å². The zero-order valence-electron chi connectivity index (χ0n) is 10.9. The van der Waals surface area contributed by atoms with Crippen molar-refractivity contribution in [3.8, 4) is 5.75 Å². The molecule has 2 rings (SSSR count). The lowest BCUT2D eigenvalue weighted by Gasteiger charge is -2.26. The van der Waals surface area contributed by atoms with Gasteiger partial charge in [0.25, 0.3) is 5.91 Å². The van der Waals surface area contributed by atoms with Gasteiger partial charge >= 0.3 is 0 Å². The van der Waals surface area contributed by atoms with Gasteiger partial charge in [-0.1, -0.05) is 0 Å². The third kappa shape index (κ3) is 3.32. The summed E-state index contributed by atoms with van der Waals surface area (Å²) in [7, 11) is 0. The van der Waals surface area contributed by atoms with Gasteiger partial charge in [0.1, 0.15) is 5.75 Å². The second-order valence-electron chi connectivity index (χ2n) is 4.19. The molecule has 1 fully saturated rings. The van der Waals surface area contributed by atoms with E-state index in [-0.39, 0.29) is 0 Å². The Morgan fingerprint density at radius 2 is 1.84 bits per heavy atom. The smallest absolute Gasteiger partial charge is 0.295 e. The molecule has 102 valence electrons. The van der Waals surface area contributed by atoms with Crippen LogP contribution in [0.5, 0.6) is 5.75 Å². The van der Waals surface area contributed by atoms with E-state index in [1.807, 2.05) is 6.92 Å². The van der Waals surface area contributed by atoms with Crippen LogP contribution in [0.15, 0.2) is 24.3 Å². The molecule has 1 aromatic rings. The molecule has 0 bridgehead atoms. The molecule has 1 aromatic carbocycles. The summed E-state index contributed by atoms with van der Waals surface area (Å²) in [5.41, 5.74) is 0.389. The number of ether oxygens (including phenoxy) is 2. The van der Waals surface area contributed by atoms with E-state index < -0.39 is 11.7 Å². The van der Waals surface area contributed by atoms with Gasteiger partial charge in [0, 0.05) is 18.7 Å². The van der Waals surface area contributed by atoms with Gasteiger partial charge in [-0.15, -0.1) is 0 Å². The first-order valence-electron chi connectivity index (χ1n) is 6.36. The Hall–Kier alpha value is -1.88. The Balaban J connectivity index is 2.03. The van der Waals surface area contributed by atoms with Crippen LogP contribution in [-0.4, -0.2) is 49.5 Å². The Kier molecular flexibility index (Phi) is 4.52. The number of ketones is 1. The van der Waals surface area contributed by atoms with Gasteiger partial charge in [-0.25, -0.2) is 0 Å². The van der Waals surface area contributed by atoms with Crippen molar-refractivity contribution >= 4 is 11.7 Å². The minimum atomic E-state index is -0.482. The minimum Gasteiger partial charge on any atom is -0.494 e. The van der Waals surface area contributed by atoms with Crippen molar-refractivity contribution in [1.29, 1.82) is 0 Å². The summed E-state index contributed by atoms with van der Waals surface area (Å²) in [6.45, 7) is 4.38. The van der Waals surface area contributed by atoms with Gasteiger partial charge < -0.3 is 14.4 Å². The highest BCUT2D eigenvalue weighted by molar-refractivity contribution is 6.42. The van der Waals surface area contributed by atoms with Crippen LogP contribution in [0.25, 0.3) is 0 Å². The van der Waals surface area contributed by atoms with Crippen molar-refractivity contribution in [3.63, 3.8) is 0 Å². The van der Waals surface area contributed by atoms with Crippen molar-refractivity contribution in [2.24, 2.45) is 0 Å². The Morgan fingerprint density at radius 1 is 1.21 bits per heavy atom. The van der Waals surface area contributed by atoms with Crippen LogP contribution in [0.1, 0.15) is 17.3 Å². The SMILES string of the molecule is CCOc1ccc(C(=O)C(=O)N2CCOCC2)cc1. The molecule has 0 aliphatic carbocycles. The first-order chi connectivity index (χ1) is 9.22. The molecule has 1 aliphatic heterocycles. The third-order valence-electron chi connectivity index (χ3n) is 2.92. The van der Waals surface area contributed by atoms with Crippen LogP contribution in [0.2, 0.25) is 0 Å². The maximum atomic E-state index is 12.0. The summed E-state index contributed by atoms with van der Waals surface area (Å²) in [6.07, 6.45) is 0. The third-order valence-corrected chi connectivity index (χ3v) is 2.92. The number of carbonyl (C=O) groups is 2. The van der Waals surface area contributed by atoms with E-state index in [9.17, 15) is 9.59 Å². The van der Waals surface area contributed by atoms with E-state index in [2.05, 4.69) is 0 Å². The average Bonchev–Trinajstić information content (AvgIpc) is 2.48. The molecule has 1 heterocycles. The molecule has 0 radical (unpaired) electrons. The molecular weight excluding hydrogens is 246 g/mol. The molecule has 0 unspecified atom stereocenters. The standard InChI is InChI=1S/C14H17NO4/c1-2-19-12-5-3-11(4-6-12)13(16)14(17)15-7-9-18-10-8-15/h3-6H,2,7-10H2,1H3. The molecule has 1 amide bonds. The highest BCUT2D eigenvalue weighted by Gasteiger charge is 2.24. The van der Waals surface area contributed by atoms with Gasteiger partial charge in [0.15, 0.2) is 0 Å². The molecule has 5 heteroatoms. The monoisotopic (exact) mass is 263 g/mol. The van der Waals surface area contributed by atoms with E-state index in [1.54, 1.807) is 24.3 Å². The number of amides is 1. The Labute approximate surface area is 112 Å². The number of Topliss-reactive ketones (excluding diaryl/α,β-unsaturated/α-hetero) is 1. The molecule has 19 heavy (non-hydrogen) atoms. The normalized spacial score (nSPS) is 15.1. The molecule has 0 N–H and O–H groups in total. The number of benzene rings is 1. The largest absolute Gasteiger partial charge is 0.494 e. The predicted molar refractivity (Wildman–Crippen MR) is 69.3 cm³/mol. The molecule has 1 aliphatic rings.